The molecule has 43 heavy (non-hydrogen) atoms. The Morgan fingerprint density at radius 3 is 2.19 bits per heavy atom. The first kappa shape index (κ1) is 30.7. The number of carboxylic acids is 1. The van der Waals surface area contributed by atoms with Crippen LogP contribution < -0.4 is 10.1 Å². The largest absolute Gasteiger partial charge is 0.497 e. The molecule has 0 bridgehead atoms. The third-order valence-corrected chi connectivity index (χ3v) is 7.07. The van der Waals surface area contributed by atoms with Crippen LogP contribution in [0.4, 0.5) is 0 Å². The van der Waals surface area contributed by atoms with Gasteiger partial charge in [0.15, 0.2) is 0 Å². The fourth-order valence-corrected chi connectivity index (χ4v) is 4.97. The average Bonchev–Trinajstić information content (AvgIpc) is 3.01. The van der Waals surface area contributed by atoms with Crippen LogP contribution in [0.2, 0.25) is 0 Å². The van der Waals surface area contributed by atoms with E-state index in [1.165, 1.54) is 16.9 Å². The van der Waals surface area contributed by atoms with Crippen molar-refractivity contribution >= 4 is 35.2 Å². The molecule has 1 aliphatic heterocycles. The second kappa shape index (κ2) is 13.6. The maximum atomic E-state index is 14.1. The Labute approximate surface area is 249 Å². The minimum atomic E-state index is -1.68. The van der Waals surface area contributed by atoms with E-state index in [0.29, 0.717) is 22.4 Å². The third-order valence-electron chi connectivity index (χ3n) is 7.07. The highest BCUT2D eigenvalue weighted by atomic mass is 16.5. The number of nitrogens with one attached hydrogen (secondary N) is 1. The van der Waals surface area contributed by atoms with Gasteiger partial charge in [-0.15, -0.1) is 0 Å². The summed E-state index contributed by atoms with van der Waals surface area (Å²) in [4.78, 5) is 67.9. The lowest BCUT2D eigenvalue weighted by molar-refractivity contribution is -0.150. The molecule has 1 unspecified atom stereocenters. The van der Waals surface area contributed by atoms with E-state index in [0.717, 1.165) is 0 Å². The lowest BCUT2D eigenvalue weighted by Crippen LogP contribution is -2.57. The molecule has 0 radical (unpaired) electrons. The fourth-order valence-electron chi connectivity index (χ4n) is 4.97. The van der Waals surface area contributed by atoms with Crippen LogP contribution in [0.1, 0.15) is 35.3 Å². The molecule has 10 heteroatoms. The Morgan fingerprint density at radius 1 is 0.930 bits per heavy atom. The number of ketones is 1. The number of aliphatic carboxylic acids is 1. The van der Waals surface area contributed by atoms with Crippen molar-refractivity contribution in [2.75, 3.05) is 13.7 Å². The topological polar surface area (TPSA) is 133 Å². The minimum Gasteiger partial charge on any atom is -0.497 e. The van der Waals surface area contributed by atoms with Gasteiger partial charge in [-0.1, -0.05) is 74.5 Å². The van der Waals surface area contributed by atoms with Gasteiger partial charge in [0.2, 0.25) is 5.91 Å². The van der Waals surface area contributed by atoms with Crippen molar-refractivity contribution in [1.82, 2.24) is 15.1 Å². The highest BCUT2D eigenvalue weighted by Crippen LogP contribution is 2.32. The zero-order valence-electron chi connectivity index (χ0n) is 24.1. The standard InChI is InChI=1S/C33H33N3O7/c1-21(2)29-32(40)35(20-28(37)34-26(30(38)33(41)42)17-22-11-6-4-7-12-22)27(24-15-10-16-25(18-24)43-3)19-36(29)31(39)23-13-8-5-9-14-23/h4-16,18-19,21,26,29H,17,20H2,1-3H3,(H,34,37)(H,41,42)/t26-,29?/m0/s1. The van der Waals surface area contributed by atoms with E-state index < -0.39 is 42.2 Å². The molecule has 0 aromatic heterocycles. The summed E-state index contributed by atoms with van der Waals surface area (Å²) in [6.07, 6.45) is 1.51. The Morgan fingerprint density at radius 2 is 1.58 bits per heavy atom. The van der Waals surface area contributed by atoms with Crippen LogP contribution in [0.15, 0.2) is 91.1 Å². The number of ether oxygens (including phenoxy) is 1. The summed E-state index contributed by atoms with van der Waals surface area (Å²) in [7, 11) is 1.50. The zero-order chi connectivity index (χ0) is 31.1. The van der Waals surface area contributed by atoms with Crippen molar-refractivity contribution in [3.05, 3.63) is 108 Å². The van der Waals surface area contributed by atoms with Crippen LogP contribution in [0, 0.1) is 5.92 Å². The number of carboxylic acid groups (broad SMARTS) is 1. The molecule has 0 aliphatic carbocycles. The zero-order valence-corrected chi connectivity index (χ0v) is 24.1. The lowest BCUT2D eigenvalue weighted by Gasteiger charge is -2.41. The number of carbonyl (C=O) groups is 5. The first-order chi connectivity index (χ1) is 20.6. The van der Waals surface area contributed by atoms with Crippen LogP contribution in [-0.2, 0) is 25.6 Å². The molecule has 4 rings (SSSR count). The fraction of sp³-hybridized carbons (Fsp3) is 0.242. The van der Waals surface area contributed by atoms with Gasteiger partial charge in [-0.05, 0) is 35.7 Å². The number of nitrogens with zero attached hydrogens (tertiary/aromatic N) is 2. The van der Waals surface area contributed by atoms with Crippen molar-refractivity contribution in [1.29, 1.82) is 0 Å². The molecule has 1 aliphatic rings. The Kier molecular flexibility index (Phi) is 9.72. The van der Waals surface area contributed by atoms with Crippen molar-refractivity contribution in [2.45, 2.75) is 32.4 Å². The van der Waals surface area contributed by atoms with Gasteiger partial charge in [0.25, 0.3) is 17.6 Å². The number of hydrogen-bond acceptors (Lipinski definition) is 6. The summed E-state index contributed by atoms with van der Waals surface area (Å²) < 4.78 is 5.37. The summed E-state index contributed by atoms with van der Waals surface area (Å²) in [5.41, 5.74) is 1.83. The van der Waals surface area contributed by atoms with Crippen molar-refractivity contribution < 1.29 is 33.8 Å². The van der Waals surface area contributed by atoms with Crippen molar-refractivity contribution in [3.8, 4) is 5.75 Å². The van der Waals surface area contributed by atoms with E-state index in [4.69, 9.17) is 4.74 Å². The normalized spacial score (nSPS) is 15.5. The van der Waals surface area contributed by atoms with Crippen LogP contribution >= 0.6 is 0 Å². The van der Waals surface area contributed by atoms with Gasteiger partial charge in [-0.2, -0.15) is 0 Å². The third kappa shape index (κ3) is 7.16. The van der Waals surface area contributed by atoms with Gasteiger partial charge in [0.05, 0.1) is 12.8 Å². The van der Waals surface area contributed by atoms with E-state index in [2.05, 4.69) is 5.32 Å². The Bertz CT molecular complexity index is 1540. The van der Waals surface area contributed by atoms with Crippen LogP contribution in [0.3, 0.4) is 0 Å². The van der Waals surface area contributed by atoms with Gasteiger partial charge in [-0.3, -0.25) is 24.1 Å². The van der Waals surface area contributed by atoms with Crippen LogP contribution in [0.25, 0.3) is 5.70 Å². The Hall–Kier alpha value is -5.25. The SMILES string of the molecule is COc1cccc(C2=CN(C(=O)c3ccccc3)C(C(C)C)C(=O)N2CC(=O)N[C@@H](Cc2ccccc2)C(=O)C(=O)O)c1. The molecule has 0 spiro atoms. The molecule has 0 fully saturated rings. The predicted molar refractivity (Wildman–Crippen MR) is 159 cm³/mol. The van der Waals surface area contributed by atoms with E-state index >= 15 is 0 Å². The maximum Gasteiger partial charge on any atom is 0.374 e. The number of hydrogen-bond donors (Lipinski definition) is 2. The second-order valence-electron chi connectivity index (χ2n) is 10.4. The second-order valence-corrected chi connectivity index (χ2v) is 10.4. The number of methoxy groups -OCH3 is 1. The van der Waals surface area contributed by atoms with Gasteiger partial charge < -0.3 is 20.1 Å². The average molecular weight is 584 g/mol. The molecular formula is C33H33N3O7. The summed E-state index contributed by atoms with van der Waals surface area (Å²) in [5.74, 6) is -4.30. The van der Waals surface area contributed by atoms with Crippen molar-refractivity contribution in [3.63, 3.8) is 0 Å². The quantitative estimate of drug-likeness (QED) is 0.331. The van der Waals surface area contributed by atoms with Crippen LogP contribution in [0.5, 0.6) is 5.75 Å². The van der Waals surface area contributed by atoms with Crippen LogP contribution in [-0.4, -0.2) is 70.1 Å². The van der Waals surface area contributed by atoms with E-state index in [-0.39, 0.29) is 23.9 Å². The summed E-state index contributed by atoms with van der Waals surface area (Å²) in [6.45, 7) is 3.09. The number of benzene rings is 3. The molecule has 0 saturated carbocycles. The smallest absolute Gasteiger partial charge is 0.374 e. The molecular weight excluding hydrogens is 550 g/mol. The van der Waals surface area contributed by atoms with Gasteiger partial charge in [0.1, 0.15) is 24.4 Å². The highest BCUT2D eigenvalue weighted by molar-refractivity contribution is 6.35. The molecule has 222 valence electrons. The monoisotopic (exact) mass is 583 g/mol. The number of rotatable bonds is 11. The summed E-state index contributed by atoms with van der Waals surface area (Å²) >= 11 is 0. The maximum absolute atomic E-state index is 14.1. The number of carbonyl (C=O) groups excluding carboxylic acids is 4. The number of Topliss-reactive ketones (excluding diaryl/α,β-unsaturated/α-hetero) is 1. The van der Waals surface area contributed by atoms with Gasteiger partial charge in [0, 0.05) is 23.7 Å². The van der Waals surface area contributed by atoms with Crippen molar-refractivity contribution in [2.24, 2.45) is 5.92 Å². The molecule has 2 N–H and O–H groups in total. The molecule has 3 aromatic rings. The van der Waals surface area contributed by atoms with E-state index in [1.54, 1.807) is 105 Å². The predicted octanol–water partition coefficient (Wildman–Crippen LogP) is 3.38. The van der Waals surface area contributed by atoms with E-state index in [1.807, 2.05) is 0 Å². The summed E-state index contributed by atoms with van der Waals surface area (Å²) in [5, 5.41) is 11.9. The number of amides is 3. The lowest BCUT2D eigenvalue weighted by atomic mass is 9.96. The van der Waals surface area contributed by atoms with Gasteiger partial charge >= 0.3 is 5.97 Å². The molecule has 3 amide bonds. The molecule has 3 aromatic carbocycles. The first-order valence-electron chi connectivity index (χ1n) is 13.8. The summed E-state index contributed by atoms with van der Waals surface area (Å²) in [6, 6.07) is 21.8. The molecule has 0 saturated heterocycles. The van der Waals surface area contributed by atoms with Gasteiger partial charge in [-0.25, -0.2) is 4.79 Å². The van der Waals surface area contributed by atoms with E-state index in [9.17, 15) is 29.1 Å². The molecule has 1 heterocycles. The molecule has 10 nitrogen and oxygen atoms in total. The first-order valence-corrected chi connectivity index (χ1v) is 13.8. The molecule has 2 atom stereocenters. The Balaban J connectivity index is 1.72. The highest BCUT2D eigenvalue weighted by Gasteiger charge is 2.41. The minimum absolute atomic E-state index is 0.0434.